The summed E-state index contributed by atoms with van der Waals surface area (Å²) in [6, 6.07) is 0. The molecule has 0 saturated carbocycles. The fraction of sp³-hybridized carbons (Fsp3) is 0.800. The summed E-state index contributed by atoms with van der Waals surface area (Å²) in [7, 11) is 11.4. The molecule has 0 bridgehead atoms. The number of imide groups is 1. The van der Waals surface area contributed by atoms with Crippen molar-refractivity contribution in [3.63, 3.8) is 0 Å². The van der Waals surface area contributed by atoms with Gasteiger partial charge in [-0.15, -0.1) is 0 Å². The molecule has 88 valence electrons. The Kier molecular flexibility index (Phi) is 4.42. The van der Waals surface area contributed by atoms with E-state index < -0.39 is 0 Å². The van der Waals surface area contributed by atoms with E-state index in [0.29, 0.717) is 22.1 Å². The molecule has 0 rings (SSSR count). The molecule has 0 fully saturated rings. The smallest absolute Gasteiger partial charge is 0.281 e. The summed E-state index contributed by atoms with van der Waals surface area (Å²) < 4.78 is 1.03. The number of hydrogen-bond acceptors (Lipinski definition) is 2. The Balaban J connectivity index is 4.04. The Morgan fingerprint density at radius 3 is 1.27 bits per heavy atom. The average Bonchev–Trinajstić information content (AvgIpc) is 1.73. The van der Waals surface area contributed by atoms with Crippen molar-refractivity contribution in [1.82, 2.24) is 5.32 Å². The summed E-state index contributed by atoms with van der Waals surface area (Å²) in [5.41, 5.74) is 0. The molecule has 0 aliphatic rings. The minimum atomic E-state index is -0.221. The van der Waals surface area contributed by atoms with E-state index in [0.717, 1.165) is 0 Å². The van der Waals surface area contributed by atoms with Gasteiger partial charge in [-0.3, -0.25) is 14.9 Å². The maximum Gasteiger partial charge on any atom is 0.281 e. The van der Waals surface area contributed by atoms with Gasteiger partial charge in [-0.1, -0.05) is 0 Å². The second-order valence-electron chi connectivity index (χ2n) is 5.87. The molecule has 1 N–H and O–H groups in total. The van der Waals surface area contributed by atoms with Gasteiger partial charge in [-0.05, 0) is 0 Å². The largest absolute Gasteiger partial charge is 0.323 e. The summed E-state index contributed by atoms with van der Waals surface area (Å²) >= 11 is 0. The maximum absolute atomic E-state index is 11.4. The van der Waals surface area contributed by atoms with Crippen LogP contribution in [0.4, 0.5) is 0 Å². The third-order valence-electron chi connectivity index (χ3n) is 1.51. The number of carbonyl (C=O) groups is 2. The number of carbonyl (C=O) groups excluding carboxylic acids is 2. The van der Waals surface area contributed by atoms with Crippen LogP contribution in [-0.2, 0) is 9.59 Å². The van der Waals surface area contributed by atoms with Gasteiger partial charge in [0.1, 0.15) is 0 Å². The number of nitrogens with one attached hydrogen (secondary N) is 1. The Hall–Kier alpha value is -0.940. The van der Waals surface area contributed by atoms with Gasteiger partial charge in [0.05, 0.1) is 42.3 Å². The molecule has 0 spiro atoms. The highest BCUT2D eigenvalue weighted by molar-refractivity contribution is 5.96. The van der Waals surface area contributed by atoms with E-state index in [1.807, 2.05) is 42.3 Å². The molecule has 0 atom stereocenters. The summed E-state index contributed by atoms with van der Waals surface area (Å²) in [6.07, 6.45) is 0. The summed E-state index contributed by atoms with van der Waals surface area (Å²) in [5, 5.41) is 2.38. The van der Waals surface area contributed by atoms with Crippen molar-refractivity contribution in [3.05, 3.63) is 0 Å². The maximum atomic E-state index is 11.4. The van der Waals surface area contributed by atoms with Crippen LogP contribution in [-0.4, -0.2) is 76.2 Å². The Labute approximate surface area is 91.8 Å². The highest BCUT2D eigenvalue weighted by Crippen LogP contribution is 1.91. The molecule has 0 heterocycles. The van der Waals surface area contributed by atoms with E-state index in [1.165, 1.54) is 0 Å². The van der Waals surface area contributed by atoms with E-state index in [2.05, 4.69) is 5.32 Å². The van der Waals surface area contributed by atoms with Crippen LogP contribution in [0.2, 0.25) is 0 Å². The van der Waals surface area contributed by atoms with E-state index in [9.17, 15) is 9.59 Å². The average molecular weight is 217 g/mol. The van der Waals surface area contributed by atoms with Crippen LogP contribution in [0, 0.1) is 0 Å². The van der Waals surface area contributed by atoms with Crippen molar-refractivity contribution in [2.75, 3.05) is 55.4 Å². The van der Waals surface area contributed by atoms with E-state index >= 15 is 0 Å². The number of hydrogen-bond donors (Lipinski definition) is 1. The fourth-order valence-corrected chi connectivity index (χ4v) is 1.10. The van der Waals surface area contributed by atoms with E-state index in [1.54, 1.807) is 0 Å². The lowest BCUT2D eigenvalue weighted by Gasteiger charge is -2.24. The quantitative estimate of drug-likeness (QED) is 0.617. The highest BCUT2D eigenvalue weighted by Gasteiger charge is 2.20. The molecule has 0 saturated heterocycles. The first-order valence-corrected chi connectivity index (χ1v) is 4.93. The lowest BCUT2D eigenvalue weighted by Crippen LogP contribution is -2.50. The standard InChI is InChI=1S/C10H22N3O2/c1-12(2,3)7-9(14)11-10(15)8-13(4,5)6/h7-8H2,1-6H3/q+1/p+1. The summed E-state index contributed by atoms with van der Waals surface area (Å²) in [5.74, 6) is -0.443. The number of nitrogens with zero attached hydrogens (tertiary/aromatic N) is 2. The molecular weight excluding hydrogens is 194 g/mol. The first-order chi connectivity index (χ1) is 6.49. The molecule has 0 aromatic carbocycles. The van der Waals surface area contributed by atoms with Crippen molar-refractivity contribution in [2.24, 2.45) is 0 Å². The van der Waals surface area contributed by atoms with Crippen LogP contribution in [0.5, 0.6) is 0 Å². The fourth-order valence-electron chi connectivity index (χ4n) is 1.10. The summed E-state index contributed by atoms with van der Waals surface area (Å²) in [6.45, 7) is 0.617. The number of amides is 2. The third-order valence-corrected chi connectivity index (χ3v) is 1.51. The summed E-state index contributed by atoms with van der Waals surface area (Å²) in [4.78, 5) is 22.8. The predicted octanol–water partition coefficient (Wildman–Crippen LogP) is -0.958. The molecule has 2 amide bonds. The zero-order valence-electron chi connectivity index (χ0n) is 10.6. The van der Waals surface area contributed by atoms with Crippen LogP contribution in [0.25, 0.3) is 0 Å². The molecular formula is C10H23N3O2+2. The van der Waals surface area contributed by atoms with Gasteiger partial charge in [0, 0.05) is 0 Å². The first kappa shape index (κ1) is 14.1. The number of likely N-dealkylation sites (N-methyl/N-ethyl adjacent to an activating group) is 2. The monoisotopic (exact) mass is 217 g/mol. The molecule has 0 aromatic heterocycles. The Morgan fingerprint density at radius 1 is 0.800 bits per heavy atom. The molecule has 0 radical (unpaired) electrons. The van der Waals surface area contributed by atoms with Gasteiger partial charge < -0.3 is 8.97 Å². The van der Waals surface area contributed by atoms with Crippen molar-refractivity contribution >= 4 is 11.8 Å². The Bertz CT molecular complexity index is 222. The van der Waals surface area contributed by atoms with Gasteiger partial charge >= 0.3 is 0 Å². The SMILES string of the molecule is C[N+](C)(C)CC(=O)NC(=O)C[N+](C)(C)C. The molecule has 0 aliphatic heterocycles. The van der Waals surface area contributed by atoms with Crippen molar-refractivity contribution in [2.45, 2.75) is 0 Å². The molecule has 15 heavy (non-hydrogen) atoms. The van der Waals surface area contributed by atoms with Gasteiger partial charge in [0.2, 0.25) is 0 Å². The lowest BCUT2D eigenvalue weighted by molar-refractivity contribution is -0.863. The number of rotatable bonds is 4. The first-order valence-electron chi connectivity index (χ1n) is 4.93. The van der Waals surface area contributed by atoms with Crippen LogP contribution >= 0.6 is 0 Å². The second kappa shape index (κ2) is 4.72. The van der Waals surface area contributed by atoms with Gasteiger partial charge in [0.25, 0.3) is 11.8 Å². The van der Waals surface area contributed by atoms with E-state index in [4.69, 9.17) is 0 Å². The minimum absolute atomic E-state index is 0.221. The Morgan fingerprint density at radius 2 is 1.07 bits per heavy atom. The molecule has 0 aliphatic carbocycles. The predicted molar refractivity (Wildman–Crippen MR) is 58.9 cm³/mol. The third kappa shape index (κ3) is 9.37. The van der Waals surface area contributed by atoms with Crippen molar-refractivity contribution in [1.29, 1.82) is 0 Å². The zero-order valence-corrected chi connectivity index (χ0v) is 10.6. The molecule has 5 nitrogen and oxygen atoms in total. The normalized spacial score (nSPS) is 12.4. The molecule has 0 aromatic rings. The molecule has 0 unspecified atom stereocenters. The zero-order chi connectivity index (χ0) is 12.3. The van der Waals surface area contributed by atoms with Gasteiger partial charge in [-0.25, -0.2) is 0 Å². The van der Waals surface area contributed by atoms with E-state index in [-0.39, 0.29) is 11.8 Å². The minimum Gasteiger partial charge on any atom is -0.323 e. The van der Waals surface area contributed by atoms with Crippen LogP contribution in [0.15, 0.2) is 0 Å². The highest BCUT2D eigenvalue weighted by atomic mass is 16.2. The van der Waals surface area contributed by atoms with Gasteiger partial charge in [0.15, 0.2) is 13.1 Å². The van der Waals surface area contributed by atoms with Gasteiger partial charge in [-0.2, -0.15) is 0 Å². The van der Waals surface area contributed by atoms with Crippen LogP contribution in [0.3, 0.4) is 0 Å². The second-order valence-corrected chi connectivity index (χ2v) is 5.87. The number of quaternary nitrogens is 2. The van der Waals surface area contributed by atoms with Crippen LogP contribution in [0.1, 0.15) is 0 Å². The van der Waals surface area contributed by atoms with Crippen LogP contribution < -0.4 is 5.32 Å². The lowest BCUT2D eigenvalue weighted by atomic mass is 10.4. The van der Waals surface area contributed by atoms with Crippen molar-refractivity contribution in [3.8, 4) is 0 Å². The topological polar surface area (TPSA) is 46.2 Å². The van der Waals surface area contributed by atoms with Crippen molar-refractivity contribution < 1.29 is 18.6 Å². The molecule has 5 heteroatoms.